The first kappa shape index (κ1) is 8.82. The molecule has 1 fully saturated rings. The van der Waals surface area contributed by atoms with Gasteiger partial charge in [-0.05, 0) is 0 Å². The van der Waals surface area contributed by atoms with Crippen LogP contribution in [0.3, 0.4) is 0 Å². The number of esters is 2. The smallest absolute Gasteiger partial charge is 0.420 e. The Labute approximate surface area is 64.2 Å². The predicted molar refractivity (Wildman–Crippen MR) is 26.6 cm³/mol. The third-order valence-electron chi connectivity index (χ3n) is 1.04. The molecule has 1 heterocycles. The zero-order valence-corrected chi connectivity index (χ0v) is 5.55. The van der Waals surface area contributed by atoms with Crippen molar-refractivity contribution in [1.29, 1.82) is 0 Å². The summed E-state index contributed by atoms with van der Waals surface area (Å²) >= 11 is 0. The molecule has 0 N–H and O–H groups in total. The van der Waals surface area contributed by atoms with E-state index in [0.29, 0.717) is 0 Å². The van der Waals surface area contributed by atoms with E-state index in [1.165, 1.54) is 0 Å². The molecule has 0 aromatic heterocycles. The fraction of sp³-hybridized carbons (Fsp3) is 0.600. The van der Waals surface area contributed by atoms with E-state index in [1.807, 2.05) is 0 Å². The molecule has 7 heteroatoms. The molecule has 1 unspecified atom stereocenters. The molecule has 0 aliphatic carbocycles. The SMILES string of the molecule is O=C1CC(=O)OC(F)(F)C(F)O1. The zero-order chi connectivity index (χ0) is 9.35. The van der Waals surface area contributed by atoms with Crippen LogP contribution in [0.25, 0.3) is 0 Å². The van der Waals surface area contributed by atoms with Crippen molar-refractivity contribution in [1.82, 2.24) is 0 Å². The summed E-state index contributed by atoms with van der Waals surface area (Å²) in [7, 11) is 0. The summed E-state index contributed by atoms with van der Waals surface area (Å²) in [5, 5.41) is 0. The van der Waals surface area contributed by atoms with Crippen molar-refractivity contribution >= 4 is 11.9 Å². The van der Waals surface area contributed by atoms with Crippen molar-refractivity contribution in [2.45, 2.75) is 18.9 Å². The first-order chi connectivity index (χ1) is 5.42. The highest BCUT2D eigenvalue weighted by Gasteiger charge is 2.50. The quantitative estimate of drug-likeness (QED) is 0.403. The number of carbonyl (C=O) groups is 2. The summed E-state index contributed by atoms with van der Waals surface area (Å²) in [6, 6.07) is 0. The molecule has 4 nitrogen and oxygen atoms in total. The molecule has 0 amide bonds. The van der Waals surface area contributed by atoms with E-state index in [4.69, 9.17) is 0 Å². The largest absolute Gasteiger partial charge is 0.470 e. The summed E-state index contributed by atoms with van der Waals surface area (Å²) < 4.78 is 43.3. The molecule has 12 heavy (non-hydrogen) atoms. The second-order valence-corrected chi connectivity index (χ2v) is 2.02. The second kappa shape index (κ2) is 2.65. The molecule has 68 valence electrons. The molecular weight excluding hydrogens is 181 g/mol. The van der Waals surface area contributed by atoms with Gasteiger partial charge in [0.1, 0.15) is 6.42 Å². The Hall–Kier alpha value is -1.27. The Bertz CT molecular complexity index is 227. The maximum Gasteiger partial charge on any atom is 0.470 e. The van der Waals surface area contributed by atoms with Crippen LogP contribution in [0.15, 0.2) is 0 Å². The molecule has 0 spiro atoms. The lowest BCUT2D eigenvalue weighted by Crippen LogP contribution is -2.34. The Morgan fingerprint density at radius 3 is 2.50 bits per heavy atom. The highest BCUT2D eigenvalue weighted by Crippen LogP contribution is 2.27. The van der Waals surface area contributed by atoms with E-state index < -0.39 is 30.8 Å². The third-order valence-corrected chi connectivity index (χ3v) is 1.04. The van der Waals surface area contributed by atoms with Crippen LogP contribution in [0.2, 0.25) is 0 Å². The van der Waals surface area contributed by atoms with Crippen LogP contribution in [-0.2, 0) is 19.1 Å². The molecular formula is C5H3F3O4. The molecule has 1 rings (SSSR count). The van der Waals surface area contributed by atoms with Crippen LogP contribution < -0.4 is 0 Å². The van der Waals surface area contributed by atoms with Gasteiger partial charge in [0.25, 0.3) is 0 Å². The number of alkyl halides is 3. The number of ether oxygens (including phenoxy) is 2. The highest BCUT2D eigenvalue weighted by atomic mass is 19.3. The Kier molecular flexibility index (Phi) is 1.95. The van der Waals surface area contributed by atoms with Crippen molar-refractivity contribution in [3.05, 3.63) is 0 Å². The van der Waals surface area contributed by atoms with Gasteiger partial charge in [0.15, 0.2) is 0 Å². The van der Waals surface area contributed by atoms with Gasteiger partial charge >= 0.3 is 24.4 Å². The lowest BCUT2D eigenvalue weighted by Gasteiger charge is -2.15. The van der Waals surface area contributed by atoms with Crippen LogP contribution >= 0.6 is 0 Å². The molecule has 1 aliphatic rings. The maximum absolute atomic E-state index is 12.2. The van der Waals surface area contributed by atoms with Crippen LogP contribution in [-0.4, -0.2) is 24.4 Å². The van der Waals surface area contributed by atoms with E-state index in [-0.39, 0.29) is 0 Å². The fourth-order valence-corrected chi connectivity index (χ4v) is 0.578. The minimum atomic E-state index is -4.39. The number of rotatable bonds is 0. The lowest BCUT2D eigenvalue weighted by atomic mass is 10.4. The normalized spacial score (nSPS) is 28.8. The number of hydrogen-bond donors (Lipinski definition) is 0. The van der Waals surface area contributed by atoms with Crippen LogP contribution in [0, 0.1) is 0 Å². The van der Waals surface area contributed by atoms with Gasteiger partial charge in [-0.1, -0.05) is 0 Å². The van der Waals surface area contributed by atoms with Gasteiger partial charge in [-0.3, -0.25) is 9.59 Å². The molecule has 0 bridgehead atoms. The topological polar surface area (TPSA) is 52.6 Å². The van der Waals surface area contributed by atoms with Crippen LogP contribution in [0.1, 0.15) is 6.42 Å². The zero-order valence-electron chi connectivity index (χ0n) is 5.55. The van der Waals surface area contributed by atoms with Crippen molar-refractivity contribution in [3.63, 3.8) is 0 Å². The monoisotopic (exact) mass is 184 g/mol. The highest BCUT2D eigenvalue weighted by molar-refractivity contribution is 5.91. The molecule has 0 aromatic carbocycles. The lowest BCUT2D eigenvalue weighted by molar-refractivity contribution is -0.298. The van der Waals surface area contributed by atoms with E-state index >= 15 is 0 Å². The molecule has 1 saturated heterocycles. The standard InChI is InChI=1S/C5H3F3O4/c6-4-5(7,8)12-3(10)1-2(9)11-4/h4H,1H2. The molecule has 0 radical (unpaired) electrons. The number of carbonyl (C=O) groups excluding carboxylic acids is 2. The molecule has 1 atom stereocenters. The average molecular weight is 184 g/mol. The van der Waals surface area contributed by atoms with Crippen LogP contribution in [0.4, 0.5) is 13.2 Å². The second-order valence-electron chi connectivity index (χ2n) is 2.02. The van der Waals surface area contributed by atoms with Gasteiger partial charge in [-0.15, -0.1) is 0 Å². The maximum atomic E-state index is 12.2. The Morgan fingerprint density at radius 1 is 1.33 bits per heavy atom. The summed E-state index contributed by atoms with van der Waals surface area (Å²) in [4.78, 5) is 20.6. The summed E-state index contributed by atoms with van der Waals surface area (Å²) in [6.07, 6.45) is -8.62. The summed E-state index contributed by atoms with van der Waals surface area (Å²) in [5.74, 6) is -2.88. The van der Waals surface area contributed by atoms with Crippen molar-refractivity contribution in [2.75, 3.05) is 0 Å². The van der Waals surface area contributed by atoms with E-state index in [0.717, 1.165) is 0 Å². The van der Waals surface area contributed by atoms with Gasteiger partial charge in [-0.25, -0.2) is 0 Å². The number of hydrogen-bond acceptors (Lipinski definition) is 4. The number of halogens is 3. The van der Waals surface area contributed by atoms with Crippen molar-refractivity contribution in [3.8, 4) is 0 Å². The predicted octanol–water partition coefficient (Wildman–Crippen LogP) is 0.365. The third kappa shape index (κ3) is 1.66. The van der Waals surface area contributed by atoms with Gasteiger partial charge in [0.2, 0.25) is 0 Å². The number of cyclic esters (lactones) is 2. The van der Waals surface area contributed by atoms with Gasteiger partial charge in [0, 0.05) is 0 Å². The van der Waals surface area contributed by atoms with Gasteiger partial charge in [0.05, 0.1) is 0 Å². The van der Waals surface area contributed by atoms with E-state index in [2.05, 4.69) is 9.47 Å². The van der Waals surface area contributed by atoms with Gasteiger partial charge in [-0.2, -0.15) is 13.2 Å². The first-order valence-electron chi connectivity index (χ1n) is 2.85. The average Bonchev–Trinajstić information content (AvgIpc) is 1.89. The molecule has 0 saturated carbocycles. The Balaban J connectivity index is 2.82. The molecule has 1 aliphatic heterocycles. The minimum Gasteiger partial charge on any atom is -0.420 e. The fourth-order valence-electron chi connectivity index (χ4n) is 0.578. The van der Waals surface area contributed by atoms with Crippen LogP contribution in [0.5, 0.6) is 0 Å². The summed E-state index contributed by atoms with van der Waals surface area (Å²) in [6.45, 7) is 0. The molecule has 0 aromatic rings. The summed E-state index contributed by atoms with van der Waals surface area (Å²) in [5.41, 5.74) is 0. The first-order valence-corrected chi connectivity index (χ1v) is 2.85. The van der Waals surface area contributed by atoms with Crippen molar-refractivity contribution < 1.29 is 32.2 Å². The minimum absolute atomic E-state index is 1.00. The van der Waals surface area contributed by atoms with E-state index in [9.17, 15) is 22.8 Å². The Morgan fingerprint density at radius 2 is 1.92 bits per heavy atom. The van der Waals surface area contributed by atoms with Crippen molar-refractivity contribution in [2.24, 2.45) is 0 Å². The van der Waals surface area contributed by atoms with Gasteiger partial charge < -0.3 is 9.47 Å². The van der Waals surface area contributed by atoms with E-state index in [1.54, 1.807) is 0 Å².